The van der Waals surface area contributed by atoms with Crippen LogP contribution >= 0.6 is 0 Å². The van der Waals surface area contributed by atoms with Crippen molar-refractivity contribution in [3.63, 3.8) is 0 Å². The molecule has 0 bridgehead atoms. The fraction of sp³-hybridized carbons (Fsp3) is 0.875. The molecule has 0 radical (unpaired) electrons. The lowest BCUT2D eigenvalue weighted by Crippen LogP contribution is -2.57. The van der Waals surface area contributed by atoms with Crippen molar-refractivity contribution in [3.05, 3.63) is 0 Å². The number of hydrogen-bond acceptors (Lipinski definition) is 4. The fourth-order valence-electron chi connectivity index (χ4n) is 3.65. The van der Waals surface area contributed by atoms with Crippen molar-refractivity contribution < 1.29 is 4.79 Å². The van der Waals surface area contributed by atoms with Crippen molar-refractivity contribution in [2.24, 2.45) is 11.7 Å². The first-order chi connectivity index (χ1) is 10.2. The summed E-state index contributed by atoms with van der Waals surface area (Å²) < 4.78 is 0. The van der Waals surface area contributed by atoms with Crippen molar-refractivity contribution in [1.29, 1.82) is 5.26 Å². The molecule has 0 aromatic rings. The first kappa shape index (κ1) is 16.3. The molecule has 0 spiro atoms. The molecule has 0 aromatic heterocycles. The molecule has 1 aliphatic heterocycles. The lowest BCUT2D eigenvalue weighted by atomic mass is 9.83. The zero-order valence-corrected chi connectivity index (χ0v) is 12.9. The molecule has 5 heteroatoms. The third-order valence-corrected chi connectivity index (χ3v) is 5.02. The van der Waals surface area contributed by atoms with Gasteiger partial charge in [-0.1, -0.05) is 32.1 Å². The highest BCUT2D eigenvalue weighted by atomic mass is 16.2. The van der Waals surface area contributed by atoms with Crippen molar-refractivity contribution >= 4 is 5.91 Å². The van der Waals surface area contributed by atoms with Gasteiger partial charge in [-0.05, 0) is 38.3 Å². The Hall–Kier alpha value is -1.12. The SMILES string of the molecule is N#CCC1(NC(=O)C(N)CC2CCCCC2)CCNCC1. The van der Waals surface area contributed by atoms with E-state index in [0.717, 1.165) is 32.4 Å². The maximum Gasteiger partial charge on any atom is 0.237 e. The molecule has 1 aliphatic carbocycles. The summed E-state index contributed by atoms with van der Waals surface area (Å²) in [5.74, 6) is 0.525. The second kappa shape index (κ2) is 7.77. The van der Waals surface area contributed by atoms with Gasteiger partial charge in [0.2, 0.25) is 5.91 Å². The molecule has 2 rings (SSSR count). The van der Waals surface area contributed by atoms with Gasteiger partial charge in [0, 0.05) is 0 Å². The average Bonchev–Trinajstić information content (AvgIpc) is 2.49. The summed E-state index contributed by atoms with van der Waals surface area (Å²) in [6.45, 7) is 1.69. The Balaban J connectivity index is 1.87. The van der Waals surface area contributed by atoms with E-state index in [-0.39, 0.29) is 11.4 Å². The predicted octanol–water partition coefficient (Wildman–Crippen LogP) is 1.44. The van der Waals surface area contributed by atoms with Gasteiger partial charge in [-0.15, -0.1) is 0 Å². The number of rotatable bonds is 5. The molecular formula is C16H28N4O. The molecule has 1 saturated heterocycles. The Kier molecular flexibility index (Phi) is 6.01. The van der Waals surface area contributed by atoms with Crippen molar-refractivity contribution in [2.45, 2.75) is 69.4 Å². The summed E-state index contributed by atoms with van der Waals surface area (Å²) in [4.78, 5) is 12.4. The second-order valence-electron chi connectivity index (χ2n) is 6.70. The van der Waals surface area contributed by atoms with Gasteiger partial charge >= 0.3 is 0 Å². The number of amides is 1. The maximum atomic E-state index is 12.4. The number of nitrogens with one attached hydrogen (secondary N) is 2. The van der Waals surface area contributed by atoms with Crippen molar-refractivity contribution in [2.75, 3.05) is 13.1 Å². The van der Waals surface area contributed by atoms with Crippen LogP contribution in [0.3, 0.4) is 0 Å². The van der Waals surface area contributed by atoms with E-state index in [1.165, 1.54) is 32.1 Å². The number of piperidine rings is 1. The van der Waals surface area contributed by atoms with E-state index in [9.17, 15) is 4.79 Å². The number of nitriles is 1. The van der Waals surface area contributed by atoms with Gasteiger partial charge in [-0.3, -0.25) is 4.79 Å². The van der Waals surface area contributed by atoms with Crippen molar-refractivity contribution in [1.82, 2.24) is 10.6 Å². The topological polar surface area (TPSA) is 90.9 Å². The lowest BCUT2D eigenvalue weighted by molar-refractivity contribution is -0.125. The highest BCUT2D eigenvalue weighted by molar-refractivity contribution is 5.82. The van der Waals surface area contributed by atoms with Crippen LogP contribution in [0.15, 0.2) is 0 Å². The van der Waals surface area contributed by atoms with Gasteiger partial charge < -0.3 is 16.4 Å². The predicted molar refractivity (Wildman–Crippen MR) is 82.4 cm³/mol. The number of carbonyl (C=O) groups is 1. The molecule has 1 unspecified atom stereocenters. The zero-order valence-electron chi connectivity index (χ0n) is 12.9. The van der Waals surface area contributed by atoms with E-state index < -0.39 is 6.04 Å². The molecule has 2 fully saturated rings. The average molecular weight is 292 g/mol. The van der Waals surface area contributed by atoms with Crippen LogP contribution in [0.4, 0.5) is 0 Å². The van der Waals surface area contributed by atoms with Crippen LogP contribution in [-0.2, 0) is 4.79 Å². The molecule has 1 atom stereocenters. The number of nitrogens with two attached hydrogens (primary N) is 1. The Morgan fingerprint density at radius 2 is 2.00 bits per heavy atom. The number of nitrogens with zero attached hydrogens (tertiary/aromatic N) is 1. The maximum absolute atomic E-state index is 12.4. The quantitative estimate of drug-likeness (QED) is 0.715. The van der Waals surface area contributed by atoms with E-state index in [1.807, 2.05) is 0 Å². The first-order valence-corrected chi connectivity index (χ1v) is 8.30. The van der Waals surface area contributed by atoms with Crippen LogP contribution in [0, 0.1) is 17.2 Å². The van der Waals surface area contributed by atoms with Gasteiger partial charge in [-0.25, -0.2) is 0 Å². The minimum absolute atomic E-state index is 0.0716. The van der Waals surface area contributed by atoms with Crippen LogP contribution in [0.2, 0.25) is 0 Å². The van der Waals surface area contributed by atoms with Crippen LogP contribution in [0.1, 0.15) is 57.8 Å². The van der Waals surface area contributed by atoms with Gasteiger partial charge in [-0.2, -0.15) is 5.26 Å². The zero-order chi connectivity index (χ0) is 15.1. The van der Waals surface area contributed by atoms with Gasteiger partial charge in [0.1, 0.15) is 0 Å². The van der Waals surface area contributed by atoms with Gasteiger partial charge in [0.05, 0.1) is 24.1 Å². The summed E-state index contributed by atoms with van der Waals surface area (Å²) in [5.41, 5.74) is 5.74. The Morgan fingerprint density at radius 1 is 1.33 bits per heavy atom. The summed E-state index contributed by atoms with van der Waals surface area (Å²) in [5, 5.41) is 15.4. The minimum Gasteiger partial charge on any atom is -0.348 e. The molecule has 0 aromatic carbocycles. The summed E-state index contributed by atoms with van der Waals surface area (Å²) >= 11 is 0. The summed E-state index contributed by atoms with van der Waals surface area (Å²) in [6.07, 6.45) is 9.03. The molecule has 1 saturated carbocycles. The number of carbonyl (C=O) groups excluding carboxylic acids is 1. The Morgan fingerprint density at radius 3 is 2.62 bits per heavy atom. The van der Waals surface area contributed by atoms with Gasteiger partial charge in [0.25, 0.3) is 0 Å². The second-order valence-corrected chi connectivity index (χ2v) is 6.70. The third kappa shape index (κ3) is 4.69. The first-order valence-electron chi connectivity index (χ1n) is 8.30. The molecule has 4 N–H and O–H groups in total. The van der Waals surface area contributed by atoms with E-state index in [4.69, 9.17) is 11.0 Å². The summed E-state index contributed by atoms with van der Waals surface area (Å²) in [7, 11) is 0. The molecular weight excluding hydrogens is 264 g/mol. The molecule has 21 heavy (non-hydrogen) atoms. The van der Waals surface area contributed by atoms with Crippen LogP contribution in [0.5, 0.6) is 0 Å². The standard InChI is InChI=1S/C16H28N4O/c17-9-6-16(7-10-19-11-8-16)20-15(21)14(18)12-13-4-2-1-3-5-13/h13-14,19H,1-8,10-12,18H2,(H,20,21). The van der Waals surface area contributed by atoms with E-state index in [1.54, 1.807) is 0 Å². The molecule has 2 aliphatic rings. The molecule has 118 valence electrons. The molecule has 1 amide bonds. The third-order valence-electron chi connectivity index (χ3n) is 5.02. The molecule has 1 heterocycles. The van der Waals surface area contributed by atoms with E-state index >= 15 is 0 Å². The smallest absolute Gasteiger partial charge is 0.237 e. The highest BCUT2D eigenvalue weighted by Crippen LogP contribution is 2.27. The molecule has 5 nitrogen and oxygen atoms in total. The highest BCUT2D eigenvalue weighted by Gasteiger charge is 2.35. The number of hydrogen-bond donors (Lipinski definition) is 3. The minimum atomic E-state index is -0.432. The normalized spacial score (nSPS) is 24.0. The largest absolute Gasteiger partial charge is 0.348 e. The summed E-state index contributed by atoms with van der Waals surface area (Å²) in [6, 6.07) is 1.79. The van der Waals surface area contributed by atoms with Crippen LogP contribution in [0.25, 0.3) is 0 Å². The van der Waals surface area contributed by atoms with Crippen LogP contribution in [-0.4, -0.2) is 30.6 Å². The van der Waals surface area contributed by atoms with Crippen LogP contribution < -0.4 is 16.4 Å². The fourth-order valence-corrected chi connectivity index (χ4v) is 3.65. The lowest BCUT2D eigenvalue weighted by Gasteiger charge is -2.37. The Bertz CT molecular complexity index is 378. The van der Waals surface area contributed by atoms with Crippen molar-refractivity contribution in [3.8, 4) is 6.07 Å². The van der Waals surface area contributed by atoms with Gasteiger partial charge in [0.15, 0.2) is 0 Å². The monoisotopic (exact) mass is 292 g/mol. The van der Waals surface area contributed by atoms with E-state index in [0.29, 0.717) is 12.3 Å². The Labute approximate surface area is 127 Å². The van der Waals surface area contributed by atoms with E-state index in [2.05, 4.69) is 16.7 Å².